The molecule has 0 spiro atoms. The van der Waals surface area contributed by atoms with E-state index in [-0.39, 0.29) is 5.92 Å². The lowest BCUT2D eigenvalue weighted by atomic mass is 9.98. The Labute approximate surface area is 82.1 Å². The van der Waals surface area contributed by atoms with Crippen molar-refractivity contribution in [2.75, 3.05) is 20.6 Å². The van der Waals surface area contributed by atoms with Crippen LogP contribution in [-0.4, -0.2) is 26.4 Å². The standard InChI is InChI=1S/C9H19NO.CH5N/c1-4-5-6-9(7-10-3)8(2)11;1-2/h9-10H,4-7H2,1-3H3;2H2,1H3. The Morgan fingerprint density at radius 3 is 2.31 bits per heavy atom. The predicted octanol–water partition coefficient (Wildman–Crippen LogP) is 1.18. The van der Waals surface area contributed by atoms with Crippen LogP contribution < -0.4 is 11.1 Å². The van der Waals surface area contributed by atoms with Gasteiger partial charge in [-0.05, 0) is 27.4 Å². The van der Waals surface area contributed by atoms with Crippen molar-refractivity contribution < 1.29 is 4.79 Å². The van der Waals surface area contributed by atoms with E-state index in [1.807, 2.05) is 7.05 Å². The molecule has 0 aliphatic rings. The minimum atomic E-state index is 0.236. The van der Waals surface area contributed by atoms with Crippen LogP contribution in [0.5, 0.6) is 0 Å². The maximum atomic E-state index is 11.0. The van der Waals surface area contributed by atoms with Crippen molar-refractivity contribution in [3.05, 3.63) is 0 Å². The Kier molecular flexibility index (Phi) is 13.4. The molecule has 3 heteroatoms. The lowest BCUT2D eigenvalue weighted by Crippen LogP contribution is -2.24. The molecule has 0 amide bonds. The summed E-state index contributed by atoms with van der Waals surface area (Å²) in [6.45, 7) is 4.66. The highest BCUT2D eigenvalue weighted by atomic mass is 16.1. The lowest BCUT2D eigenvalue weighted by Gasteiger charge is -2.11. The monoisotopic (exact) mass is 188 g/mol. The molecule has 0 aliphatic heterocycles. The van der Waals surface area contributed by atoms with Crippen molar-refractivity contribution >= 4 is 5.78 Å². The summed E-state index contributed by atoms with van der Waals surface area (Å²) in [4.78, 5) is 11.0. The number of carbonyl (C=O) groups is 1. The van der Waals surface area contributed by atoms with Crippen LogP contribution in [0.1, 0.15) is 33.1 Å². The Hall–Kier alpha value is -0.410. The van der Waals surface area contributed by atoms with Crippen LogP contribution >= 0.6 is 0 Å². The average molecular weight is 188 g/mol. The molecule has 1 unspecified atom stereocenters. The van der Waals surface area contributed by atoms with Gasteiger partial charge in [0.1, 0.15) is 5.78 Å². The first-order valence-corrected chi connectivity index (χ1v) is 4.95. The third-order valence-electron chi connectivity index (χ3n) is 1.93. The molecule has 3 N–H and O–H groups in total. The molecule has 80 valence electrons. The molecule has 0 radical (unpaired) electrons. The van der Waals surface area contributed by atoms with Crippen molar-refractivity contribution in [3.63, 3.8) is 0 Å². The minimum Gasteiger partial charge on any atom is -0.333 e. The summed E-state index contributed by atoms with van der Waals surface area (Å²) >= 11 is 0. The average Bonchev–Trinajstić information content (AvgIpc) is 2.15. The van der Waals surface area contributed by atoms with Gasteiger partial charge in [0, 0.05) is 12.5 Å². The predicted molar refractivity (Wildman–Crippen MR) is 57.7 cm³/mol. The zero-order chi connectivity index (χ0) is 10.7. The van der Waals surface area contributed by atoms with Crippen LogP contribution in [0.15, 0.2) is 0 Å². The largest absolute Gasteiger partial charge is 0.333 e. The van der Waals surface area contributed by atoms with Crippen LogP contribution in [0.3, 0.4) is 0 Å². The van der Waals surface area contributed by atoms with E-state index in [1.54, 1.807) is 6.92 Å². The molecule has 0 fully saturated rings. The van der Waals surface area contributed by atoms with Gasteiger partial charge in [0.2, 0.25) is 0 Å². The fourth-order valence-electron chi connectivity index (χ4n) is 1.15. The molecule has 1 atom stereocenters. The molecule has 3 nitrogen and oxygen atoms in total. The summed E-state index contributed by atoms with van der Waals surface area (Å²) in [5.41, 5.74) is 4.50. The SMILES string of the molecule is CCCCC(CNC)C(C)=O.CN. The second-order valence-corrected chi connectivity index (χ2v) is 3.01. The highest BCUT2D eigenvalue weighted by Gasteiger charge is 2.11. The van der Waals surface area contributed by atoms with Crippen molar-refractivity contribution in [1.82, 2.24) is 5.32 Å². The zero-order valence-electron chi connectivity index (χ0n) is 9.39. The number of ketones is 1. The van der Waals surface area contributed by atoms with Crippen LogP contribution in [0, 0.1) is 5.92 Å². The maximum absolute atomic E-state index is 11.0. The third-order valence-corrected chi connectivity index (χ3v) is 1.93. The van der Waals surface area contributed by atoms with E-state index in [1.165, 1.54) is 13.5 Å². The van der Waals surface area contributed by atoms with E-state index in [9.17, 15) is 4.79 Å². The smallest absolute Gasteiger partial charge is 0.134 e. The first-order valence-electron chi connectivity index (χ1n) is 4.95. The molecular formula is C10H24N2O. The Morgan fingerprint density at radius 2 is 2.00 bits per heavy atom. The first kappa shape index (κ1) is 15.1. The van der Waals surface area contributed by atoms with Crippen LogP contribution in [0.25, 0.3) is 0 Å². The molecule has 0 aromatic rings. The molecule has 0 rings (SSSR count). The highest BCUT2D eigenvalue weighted by Crippen LogP contribution is 2.08. The quantitative estimate of drug-likeness (QED) is 0.658. The van der Waals surface area contributed by atoms with Crippen molar-refractivity contribution in [2.45, 2.75) is 33.1 Å². The molecular weight excluding hydrogens is 164 g/mol. The Morgan fingerprint density at radius 1 is 1.46 bits per heavy atom. The molecule has 0 aromatic heterocycles. The van der Waals surface area contributed by atoms with E-state index in [4.69, 9.17) is 0 Å². The van der Waals surface area contributed by atoms with E-state index >= 15 is 0 Å². The Bertz CT molecular complexity index is 115. The van der Waals surface area contributed by atoms with E-state index in [2.05, 4.69) is 18.0 Å². The third kappa shape index (κ3) is 9.50. The highest BCUT2D eigenvalue weighted by molar-refractivity contribution is 5.78. The molecule has 13 heavy (non-hydrogen) atoms. The summed E-state index contributed by atoms with van der Waals surface area (Å²) in [5.74, 6) is 0.549. The summed E-state index contributed by atoms with van der Waals surface area (Å²) in [6, 6.07) is 0. The van der Waals surface area contributed by atoms with Crippen molar-refractivity contribution in [1.29, 1.82) is 0 Å². The maximum Gasteiger partial charge on any atom is 0.134 e. The summed E-state index contributed by atoms with van der Waals surface area (Å²) in [7, 11) is 3.39. The van der Waals surface area contributed by atoms with Crippen LogP contribution in [0.2, 0.25) is 0 Å². The number of Topliss-reactive ketones (excluding diaryl/α,β-unsaturated/α-hetero) is 1. The van der Waals surface area contributed by atoms with Gasteiger partial charge >= 0.3 is 0 Å². The van der Waals surface area contributed by atoms with Crippen LogP contribution in [-0.2, 0) is 4.79 Å². The minimum absolute atomic E-state index is 0.236. The lowest BCUT2D eigenvalue weighted by molar-refractivity contribution is -0.120. The second kappa shape index (κ2) is 11.6. The second-order valence-electron chi connectivity index (χ2n) is 3.01. The van der Waals surface area contributed by atoms with Gasteiger partial charge < -0.3 is 11.1 Å². The van der Waals surface area contributed by atoms with Gasteiger partial charge in [-0.15, -0.1) is 0 Å². The summed E-state index contributed by atoms with van der Waals surface area (Å²) in [6.07, 6.45) is 3.37. The Balaban J connectivity index is 0. The molecule has 0 heterocycles. The normalized spacial score (nSPS) is 11.5. The van der Waals surface area contributed by atoms with E-state index in [0.29, 0.717) is 5.78 Å². The van der Waals surface area contributed by atoms with Gasteiger partial charge in [0.15, 0.2) is 0 Å². The molecule has 0 saturated carbocycles. The molecule has 0 aliphatic carbocycles. The summed E-state index contributed by atoms with van der Waals surface area (Å²) < 4.78 is 0. The molecule has 0 saturated heterocycles. The van der Waals surface area contributed by atoms with Crippen molar-refractivity contribution in [3.8, 4) is 0 Å². The number of hydrogen-bond acceptors (Lipinski definition) is 3. The topological polar surface area (TPSA) is 55.1 Å². The van der Waals surface area contributed by atoms with E-state index < -0.39 is 0 Å². The van der Waals surface area contributed by atoms with Gasteiger partial charge in [-0.1, -0.05) is 19.8 Å². The van der Waals surface area contributed by atoms with Crippen molar-refractivity contribution in [2.24, 2.45) is 11.7 Å². The van der Waals surface area contributed by atoms with Gasteiger partial charge in [-0.2, -0.15) is 0 Å². The number of unbranched alkanes of at least 4 members (excludes halogenated alkanes) is 1. The van der Waals surface area contributed by atoms with Gasteiger partial charge in [0.25, 0.3) is 0 Å². The number of rotatable bonds is 6. The first-order chi connectivity index (χ1) is 6.22. The molecule has 0 aromatic carbocycles. The number of nitrogens with one attached hydrogen (secondary N) is 1. The van der Waals surface area contributed by atoms with Gasteiger partial charge in [0.05, 0.1) is 0 Å². The number of nitrogens with two attached hydrogens (primary N) is 1. The number of carbonyl (C=O) groups excluding carboxylic acids is 1. The fraction of sp³-hybridized carbons (Fsp3) is 0.900. The fourth-order valence-corrected chi connectivity index (χ4v) is 1.15. The summed E-state index contributed by atoms with van der Waals surface area (Å²) in [5, 5.41) is 3.04. The zero-order valence-corrected chi connectivity index (χ0v) is 9.39. The number of hydrogen-bond donors (Lipinski definition) is 2. The molecule has 0 bridgehead atoms. The van der Waals surface area contributed by atoms with Gasteiger partial charge in [-0.3, -0.25) is 4.79 Å². The van der Waals surface area contributed by atoms with Gasteiger partial charge in [-0.25, -0.2) is 0 Å². The van der Waals surface area contributed by atoms with E-state index in [0.717, 1.165) is 19.4 Å². The van der Waals surface area contributed by atoms with Crippen LogP contribution in [0.4, 0.5) is 0 Å².